The van der Waals surface area contributed by atoms with Gasteiger partial charge in [-0.15, -0.1) is 0 Å². The maximum Gasteiger partial charge on any atom is 0.248 e. The molecule has 4 rings (SSSR count). The van der Waals surface area contributed by atoms with Crippen molar-refractivity contribution in [1.82, 2.24) is 24.8 Å². The van der Waals surface area contributed by atoms with E-state index in [0.717, 1.165) is 45.4 Å². The van der Waals surface area contributed by atoms with E-state index >= 15 is 0 Å². The average molecular weight is 427 g/mol. The molecular weight excluding hydrogens is 400 g/mol. The van der Waals surface area contributed by atoms with Gasteiger partial charge >= 0.3 is 0 Å². The van der Waals surface area contributed by atoms with Crippen LogP contribution in [0.15, 0.2) is 67.4 Å². The van der Waals surface area contributed by atoms with E-state index in [0.29, 0.717) is 12.2 Å². The molecule has 0 aliphatic rings. The Morgan fingerprint density at radius 1 is 1.09 bits per heavy atom. The number of nitrogens with zero attached hydrogens (tertiary/aromatic N) is 4. The molecule has 0 saturated carbocycles. The predicted molar refractivity (Wildman–Crippen MR) is 128 cm³/mol. The highest BCUT2D eigenvalue weighted by molar-refractivity contribution is 6.00. The lowest BCUT2D eigenvalue weighted by Gasteiger charge is -2.07. The van der Waals surface area contributed by atoms with Crippen molar-refractivity contribution in [2.75, 3.05) is 26.0 Å². The topological polar surface area (TPSA) is 86.8 Å². The molecule has 4 heterocycles. The van der Waals surface area contributed by atoms with Crippen LogP contribution in [0, 0.1) is 0 Å². The Morgan fingerprint density at radius 2 is 1.94 bits per heavy atom. The normalized spacial score (nSPS) is 11.5. The first-order valence-corrected chi connectivity index (χ1v) is 10.5. The van der Waals surface area contributed by atoms with Crippen LogP contribution in [0.4, 0.5) is 5.69 Å². The van der Waals surface area contributed by atoms with Crippen molar-refractivity contribution in [2.24, 2.45) is 0 Å². The van der Waals surface area contributed by atoms with Gasteiger partial charge in [0.2, 0.25) is 5.91 Å². The van der Waals surface area contributed by atoms with E-state index in [9.17, 15) is 4.79 Å². The number of amides is 1. The van der Waals surface area contributed by atoms with Gasteiger partial charge in [0, 0.05) is 65.2 Å². The number of carbonyl (C=O) groups excluding carboxylic acids is 1. The molecule has 0 saturated heterocycles. The zero-order valence-corrected chi connectivity index (χ0v) is 18.5. The fourth-order valence-electron chi connectivity index (χ4n) is 3.46. The van der Waals surface area contributed by atoms with Crippen LogP contribution in [0.5, 0.6) is 0 Å². The second-order valence-corrected chi connectivity index (χ2v) is 7.83. The van der Waals surface area contributed by atoms with Crippen molar-refractivity contribution in [3.8, 4) is 22.3 Å². The van der Waals surface area contributed by atoms with E-state index in [1.807, 2.05) is 55.8 Å². The van der Waals surface area contributed by atoms with Crippen molar-refractivity contribution >= 4 is 22.6 Å². The van der Waals surface area contributed by atoms with E-state index < -0.39 is 0 Å². The molecule has 4 aromatic heterocycles. The molecule has 2 N–H and O–H groups in total. The van der Waals surface area contributed by atoms with Crippen molar-refractivity contribution < 1.29 is 4.79 Å². The van der Waals surface area contributed by atoms with Crippen LogP contribution in [0.3, 0.4) is 0 Å². The van der Waals surface area contributed by atoms with E-state index in [1.165, 1.54) is 6.08 Å². The van der Waals surface area contributed by atoms with Crippen molar-refractivity contribution in [3.63, 3.8) is 0 Å². The van der Waals surface area contributed by atoms with Gasteiger partial charge in [0.15, 0.2) is 0 Å². The van der Waals surface area contributed by atoms with Gasteiger partial charge in [0.1, 0.15) is 5.65 Å². The van der Waals surface area contributed by atoms with E-state index in [2.05, 4.69) is 44.3 Å². The summed E-state index contributed by atoms with van der Waals surface area (Å²) in [5, 5.41) is 3.89. The summed E-state index contributed by atoms with van der Waals surface area (Å²) in [5.74, 6) is -0.184. The van der Waals surface area contributed by atoms with Gasteiger partial charge in [-0.05, 0) is 50.3 Å². The number of rotatable bonds is 7. The lowest BCUT2D eigenvalue weighted by atomic mass is 10.0. The summed E-state index contributed by atoms with van der Waals surface area (Å²) in [6.45, 7) is 2.80. The monoisotopic (exact) mass is 426 g/mol. The first-order chi connectivity index (χ1) is 15.5. The Labute approximate surface area is 187 Å². The number of anilines is 1. The Morgan fingerprint density at radius 3 is 2.75 bits per heavy atom. The van der Waals surface area contributed by atoms with E-state index in [1.54, 1.807) is 12.4 Å². The number of aryl methyl sites for hydroxylation is 1. The molecule has 0 radical (unpaired) electrons. The minimum absolute atomic E-state index is 0.184. The SMILES string of the molecule is CCc1cc(-c2c[nH]c3ncc(-c4cncc(NC(=O)/C=C/CN(C)C)c4)cc23)ccn1. The smallest absolute Gasteiger partial charge is 0.248 e. The molecule has 0 atom stereocenters. The van der Waals surface area contributed by atoms with Crippen molar-refractivity contribution in [3.05, 3.63) is 73.1 Å². The highest BCUT2D eigenvalue weighted by Gasteiger charge is 2.11. The maximum absolute atomic E-state index is 12.2. The van der Waals surface area contributed by atoms with Crippen LogP contribution in [0.2, 0.25) is 0 Å². The molecule has 0 aliphatic carbocycles. The average Bonchev–Trinajstić information content (AvgIpc) is 3.22. The lowest BCUT2D eigenvalue weighted by molar-refractivity contribution is -0.111. The number of aromatic amines is 1. The number of aromatic nitrogens is 4. The van der Waals surface area contributed by atoms with Gasteiger partial charge < -0.3 is 15.2 Å². The Hall–Kier alpha value is -3.84. The summed E-state index contributed by atoms with van der Waals surface area (Å²) in [6, 6.07) is 8.12. The van der Waals surface area contributed by atoms with Gasteiger partial charge in [-0.3, -0.25) is 14.8 Å². The molecule has 162 valence electrons. The largest absolute Gasteiger partial charge is 0.346 e. The molecule has 0 aromatic carbocycles. The first-order valence-electron chi connectivity index (χ1n) is 10.5. The van der Waals surface area contributed by atoms with Gasteiger partial charge in [-0.25, -0.2) is 4.98 Å². The van der Waals surface area contributed by atoms with E-state index in [4.69, 9.17) is 0 Å². The zero-order chi connectivity index (χ0) is 22.5. The van der Waals surface area contributed by atoms with Crippen LogP contribution in [0.1, 0.15) is 12.6 Å². The number of carbonyl (C=O) groups is 1. The number of H-pyrrole nitrogens is 1. The van der Waals surface area contributed by atoms with Crippen LogP contribution in [0.25, 0.3) is 33.3 Å². The Balaban J connectivity index is 1.62. The molecule has 7 heteroatoms. The third-order valence-corrected chi connectivity index (χ3v) is 5.10. The zero-order valence-electron chi connectivity index (χ0n) is 18.5. The highest BCUT2D eigenvalue weighted by atomic mass is 16.1. The van der Waals surface area contributed by atoms with Gasteiger partial charge in [0.05, 0.1) is 11.9 Å². The summed E-state index contributed by atoms with van der Waals surface area (Å²) in [6.07, 6.45) is 13.3. The maximum atomic E-state index is 12.2. The second-order valence-electron chi connectivity index (χ2n) is 7.83. The fourth-order valence-corrected chi connectivity index (χ4v) is 3.46. The van der Waals surface area contributed by atoms with Crippen molar-refractivity contribution in [1.29, 1.82) is 0 Å². The minimum Gasteiger partial charge on any atom is -0.346 e. The van der Waals surface area contributed by atoms with Gasteiger partial charge in [-0.1, -0.05) is 13.0 Å². The third kappa shape index (κ3) is 4.90. The molecule has 0 fully saturated rings. The van der Waals surface area contributed by atoms with Crippen LogP contribution in [-0.4, -0.2) is 51.4 Å². The lowest BCUT2D eigenvalue weighted by Crippen LogP contribution is -2.13. The Kier molecular flexibility index (Phi) is 6.37. The number of hydrogen-bond donors (Lipinski definition) is 2. The summed E-state index contributed by atoms with van der Waals surface area (Å²) in [7, 11) is 3.90. The summed E-state index contributed by atoms with van der Waals surface area (Å²) >= 11 is 0. The van der Waals surface area contributed by atoms with Gasteiger partial charge in [0.25, 0.3) is 0 Å². The number of likely N-dealkylation sites (N-methyl/N-ethyl adjacent to an activating group) is 1. The molecular formula is C25H26N6O. The molecule has 0 aliphatic heterocycles. The molecule has 7 nitrogen and oxygen atoms in total. The molecule has 0 spiro atoms. The molecule has 4 aromatic rings. The van der Waals surface area contributed by atoms with Crippen molar-refractivity contribution in [2.45, 2.75) is 13.3 Å². The van der Waals surface area contributed by atoms with Gasteiger partial charge in [-0.2, -0.15) is 0 Å². The summed E-state index contributed by atoms with van der Waals surface area (Å²) in [5.41, 5.74) is 6.49. The number of hydrogen-bond acceptors (Lipinski definition) is 5. The molecule has 0 bridgehead atoms. The fraction of sp³-hybridized carbons (Fsp3) is 0.200. The standard InChI is InChI=1S/C25H26N6O/c1-4-20-10-17(7-8-27-20)23-16-29-25-22(23)12-19(14-28-25)18-11-21(15-26-13-18)30-24(32)6-5-9-31(2)3/h5-8,10-16H,4,9H2,1-3H3,(H,28,29)(H,30,32)/b6-5+. The summed E-state index contributed by atoms with van der Waals surface area (Å²) < 4.78 is 0. The van der Waals surface area contributed by atoms with Crippen LogP contribution < -0.4 is 5.32 Å². The second kappa shape index (κ2) is 9.53. The number of nitrogens with one attached hydrogen (secondary N) is 2. The van der Waals surface area contributed by atoms with Crippen LogP contribution in [-0.2, 0) is 11.2 Å². The Bertz CT molecular complexity index is 1270. The van der Waals surface area contributed by atoms with Crippen LogP contribution >= 0.6 is 0 Å². The minimum atomic E-state index is -0.184. The number of pyridine rings is 3. The van der Waals surface area contributed by atoms with E-state index in [-0.39, 0.29) is 5.91 Å². The molecule has 1 amide bonds. The predicted octanol–water partition coefficient (Wildman–Crippen LogP) is 4.31. The first kappa shape index (κ1) is 21.4. The molecule has 0 unspecified atom stereocenters. The quantitative estimate of drug-likeness (QED) is 0.430. The molecule has 32 heavy (non-hydrogen) atoms. The highest BCUT2D eigenvalue weighted by Crippen LogP contribution is 2.31. The summed E-state index contributed by atoms with van der Waals surface area (Å²) in [4.78, 5) is 30.7. The third-order valence-electron chi connectivity index (χ3n) is 5.10. The number of fused-ring (bicyclic) bond motifs is 1.